The molecule has 0 heterocycles. The summed E-state index contributed by atoms with van der Waals surface area (Å²) in [7, 11) is 0. The summed E-state index contributed by atoms with van der Waals surface area (Å²) < 4.78 is 5.78. The molecule has 3 aromatic carbocycles. The third-order valence-electron chi connectivity index (χ3n) is 4.14. The molecule has 0 fully saturated rings. The van der Waals surface area contributed by atoms with Crippen LogP contribution in [0.5, 0.6) is 5.75 Å². The Bertz CT molecular complexity index is 878. The van der Waals surface area contributed by atoms with E-state index in [1.165, 1.54) is 10.5 Å². The average Bonchev–Trinajstić information content (AvgIpc) is 2.70. The summed E-state index contributed by atoms with van der Waals surface area (Å²) in [6.45, 7) is 3.72. The van der Waals surface area contributed by atoms with Gasteiger partial charge in [0.05, 0.1) is 0 Å². The maximum absolute atomic E-state index is 12.4. The third kappa shape index (κ3) is 5.63. The number of thioether (sulfide) groups is 1. The van der Waals surface area contributed by atoms with Crippen LogP contribution < -0.4 is 10.1 Å². The Hall–Kier alpha value is -2.72. The summed E-state index contributed by atoms with van der Waals surface area (Å²) >= 11 is 1.79. The number of carbonyl (C=O) groups is 1. The summed E-state index contributed by atoms with van der Waals surface area (Å²) in [5.74, 6) is 1.46. The van der Waals surface area contributed by atoms with E-state index in [2.05, 4.69) is 17.4 Å². The van der Waals surface area contributed by atoms with Crippen LogP contribution in [0.3, 0.4) is 0 Å². The minimum atomic E-state index is -0.570. The van der Waals surface area contributed by atoms with Gasteiger partial charge in [0.2, 0.25) is 0 Å². The highest BCUT2D eigenvalue weighted by molar-refractivity contribution is 7.98. The molecule has 3 nitrogen and oxygen atoms in total. The van der Waals surface area contributed by atoms with Crippen molar-refractivity contribution in [3.05, 3.63) is 90.0 Å². The van der Waals surface area contributed by atoms with Crippen LogP contribution in [0.25, 0.3) is 0 Å². The van der Waals surface area contributed by atoms with Crippen molar-refractivity contribution in [2.24, 2.45) is 0 Å². The zero-order chi connectivity index (χ0) is 19.1. The number of amides is 1. The Labute approximate surface area is 164 Å². The van der Waals surface area contributed by atoms with Gasteiger partial charge < -0.3 is 10.1 Å². The van der Waals surface area contributed by atoms with Crippen molar-refractivity contribution >= 4 is 23.4 Å². The van der Waals surface area contributed by atoms with Gasteiger partial charge in [0.1, 0.15) is 5.75 Å². The summed E-state index contributed by atoms with van der Waals surface area (Å²) in [6.07, 6.45) is -0.570. The fourth-order valence-corrected chi connectivity index (χ4v) is 3.42. The van der Waals surface area contributed by atoms with E-state index in [1.807, 2.05) is 73.7 Å². The molecule has 0 bridgehead atoms. The van der Waals surface area contributed by atoms with Crippen molar-refractivity contribution in [3.8, 4) is 5.75 Å². The SMILES string of the molecule is Cc1ccccc1O[C@@H](C)C(=O)Nc1ccc(CSc2ccccc2)cc1. The fourth-order valence-electron chi connectivity index (χ4n) is 2.54. The number of carbonyl (C=O) groups excluding carboxylic acids is 1. The molecule has 0 aliphatic heterocycles. The van der Waals surface area contributed by atoms with Crippen LogP contribution in [0.15, 0.2) is 83.8 Å². The van der Waals surface area contributed by atoms with Gasteiger partial charge in [0, 0.05) is 16.3 Å². The Morgan fingerprint density at radius 1 is 0.963 bits per heavy atom. The molecule has 0 radical (unpaired) electrons. The second-order valence-electron chi connectivity index (χ2n) is 6.31. The van der Waals surface area contributed by atoms with Crippen molar-refractivity contribution in [1.82, 2.24) is 0 Å². The minimum absolute atomic E-state index is 0.162. The molecule has 1 amide bonds. The lowest BCUT2D eigenvalue weighted by atomic mass is 10.2. The lowest BCUT2D eigenvalue weighted by molar-refractivity contribution is -0.122. The summed E-state index contributed by atoms with van der Waals surface area (Å²) in [6, 6.07) is 25.9. The van der Waals surface area contributed by atoms with Crippen molar-refractivity contribution in [2.45, 2.75) is 30.6 Å². The summed E-state index contributed by atoms with van der Waals surface area (Å²) in [4.78, 5) is 13.6. The fraction of sp³-hybridized carbons (Fsp3) is 0.174. The molecule has 27 heavy (non-hydrogen) atoms. The molecule has 0 spiro atoms. The maximum Gasteiger partial charge on any atom is 0.265 e. The zero-order valence-electron chi connectivity index (χ0n) is 15.5. The molecule has 1 atom stereocenters. The van der Waals surface area contributed by atoms with Crippen molar-refractivity contribution in [3.63, 3.8) is 0 Å². The number of benzene rings is 3. The molecule has 0 aliphatic rings. The van der Waals surface area contributed by atoms with Crippen molar-refractivity contribution < 1.29 is 9.53 Å². The molecule has 0 unspecified atom stereocenters. The number of nitrogens with one attached hydrogen (secondary N) is 1. The summed E-state index contributed by atoms with van der Waals surface area (Å²) in [5, 5.41) is 2.91. The van der Waals surface area contributed by atoms with Gasteiger partial charge in [0.15, 0.2) is 6.10 Å². The molecule has 0 saturated carbocycles. The maximum atomic E-state index is 12.4. The van der Waals surface area contributed by atoms with Crippen LogP contribution in [0.1, 0.15) is 18.1 Å². The third-order valence-corrected chi connectivity index (χ3v) is 5.22. The number of rotatable bonds is 7. The van der Waals surface area contributed by atoms with E-state index in [-0.39, 0.29) is 5.91 Å². The Morgan fingerprint density at radius 2 is 1.63 bits per heavy atom. The predicted molar refractivity (Wildman–Crippen MR) is 112 cm³/mol. The van der Waals surface area contributed by atoms with Crippen LogP contribution in [-0.2, 0) is 10.5 Å². The standard InChI is InChI=1S/C23H23NO2S/c1-17-8-6-7-11-22(17)26-18(2)23(25)24-20-14-12-19(13-15-20)16-27-21-9-4-3-5-10-21/h3-15,18H,16H2,1-2H3,(H,24,25)/t18-/m0/s1. The van der Waals surface area contributed by atoms with Crippen LogP contribution in [0, 0.1) is 6.92 Å². The van der Waals surface area contributed by atoms with E-state index >= 15 is 0 Å². The monoisotopic (exact) mass is 377 g/mol. The highest BCUT2D eigenvalue weighted by Gasteiger charge is 2.15. The topological polar surface area (TPSA) is 38.3 Å². The van der Waals surface area contributed by atoms with Gasteiger partial charge in [-0.05, 0) is 55.3 Å². The van der Waals surface area contributed by atoms with E-state index in [1.54, 1.807) is 18.7 Å². The molecule has 0 aromatic heterocycles. The number of aryl methyl sites for hydroxylation is 1. The largest absolute Gasteiger partial charge is 0.481 e. The van der Waals surface area contributed by atoms with E-state index in [4.69, 9.17) is 4.74 Å². The normalized spacial score (nSPS) is 11.6. The predicted octanol–water partition coefficient (Wildman–Crippen LogP) is 5.69. The van der Waals surface area contributed by atoms with Crippen LogP contribution in [-0.4, -0.2) is 12.0 Å². The molecule has 3 aromatic rings. The minimum Gasteiger partial charge on any atom is -0.481 e. The first-order chi connectivity index (χ1) is 13.1. The first kappa shape index (κ1) is 19.1. The number of anilines is 1. The highest BCUT2D eigenvalue weighted by atomic mass is 32.2. The lowest BCUT2D eigenvalue weighted by Crippen LogP contribution is -2.30. The van der Waals surface area contributed by atoms with Gasteiger partial charge in [-0.3, -0.25) is 4.79 Å². The van der Waals surface area contributed by atoms with E-state index in [0.29, 0.717) is 0 Å². The second kappa shape index (κ2) is 9.28. The van der Waals surface area contributed by atoms with Crippen LogP contribution in [0.4, 0.5) is 5.69 Å². The van der Waals surface area contributed by atoms with Gasteiger partial charge in [-0.15, -0.1) is 11.8 Å². The first-order valence-corrected chi connectivity index (χ1v) is 9.90. The number of ether oxygens (including phenoxy) is 1. The molecule has 0 aliphatic carbocycles. The summed E-state index contributed by atoms with van der Waals surface area (Å²) in [5.41, 5.74) is 3.00. The molecule has 0 saturated heterocycles. The molecule has 4 heteroatoms. The van der Waals surface area contributed by atoms with Crippen LogP contribution in [0.2, 0.25) is 0 Å². The molecular formula is C23H23NO2S. The van der Waals surface area contributed by atoms with Gasteiger partial charge in [0.25, 0.3) is 5.91 Å². The van der Waals surface area contributed by atoms with Gasteiger partial charge in [-0.1, -0.05) is 48.5 Å². The lowest BCUT2D eigenvalue weighted by Gasteiger charge is -2.16. The average molecular weight is 378 g/mol. The Morgan fingerprint density at radius 3 is 2.33 bits per heavy atom. The van der Waals surface area contributed by atoms with Gasteiger partial charge in [-0.2, -0.15) is 0 Å². The van der Waals surface area contributed by atoms with Gasteiger partial charge in [-0.25, -0.2) is 0 Å². The molecule has 3 rings (SSSR count). The number of para-hydroxylation sites is 1. The zero-order valence-corrected chi connectivity index (χ0v) is 16.3. The number of hydrogen-bond donors (Lipinski definition) is 1. The molecule has 1 N–H and O–H groups in total. The molecule has 138 valence electrons. The van der Waals surface area contributed by atoms with Crippen molar-refractivity contribution in [2.75, 3.05) is 5.32 Å². The highest BCUT2D eigenvalue weighted by Crippen LogP contribution is 2.23. The smallest absolute Gasteiger partial charge is 0.265 e. The quantitative estimate of drug-likeness (QED) is 0.537. The van der Waals surface area contributed by atoms with E-state index in [0.717, 1.165) is 22.8 Å². The van der Waals surface area contributed by atoms with Crippen molar-refractivity contribution in [1.29, 1.82) is 0 Å². The Balaban J connectivity index is 1.52. The van der Waals surface area contributed by atoms with E-state index < -0.39 is 6.10 Å². The van der Waals surface area contributed by atoms with Crippen LogP contribution >= 0.6 is 11.8 Å². The molecular weight excluding hydrogens is 354 g/mol. The first-order valence-electron chi connectivity index (χ1n) is 8.92. The second-order valence-corrected chi connectivity index (χ2v) is 7.36. The Kier molecular flexibility index (Phi) is 6.55. The number of hydrogen-bond acceptors (Lipinski definition) is 3. The van der Waals surface area contributed by atoms with Gasteiger partial charge >= 0.3 is 0 Å². The van der Waals surface area contributed by atoms with E-state index in [9.17, 15) is 4.79 Å².